The van der Waals surface area contributed by atoms with E-state index in [9.17, 15) is 80.3 Å². The molecule has 0 aromatic heterocycles. The average molecular weight is 1400 g/mol. The van der Waals surface area contributed by atoms with E-state index < -0.39 is 109 Å². The zero-order chi connectivity index (χ0) is 65.7. The zero-order valence-electron chi connectivity index (χ0n) is 43.7. The molecule has 472 valence electrons. The number of nitrogens with zero attached hydrogens (tertiary/aromatic N) is 6. The molecule has 0 bridgehead atoms. The molecule has 0 unspecified atom stereocenters. The normalized spacial score (nSPS) is 13.1. The molecule has 0 amide bonds. The van der Waals surface area contributed by atoms with Gasteiger partial charge in [-0.1, -0.05) is 74.6 Å². The van der Waals surface area contributed by atoms with E-state index in [0.29, 0.717) is 30.2 Å². The molecule has 0 fully saturated rings. The van der Waals surface area contributed by atoms with Crippen molar-refractivity contribution in [3.63, 3.8) is 0 Å². The van der Waals surface area contributed by atoms with Crippen molar-refractivity contribution in [3.05, 3.63) is 143 Å². The van der Waals surface area contributed by atoms with E-state index in [-0.39, 0.29) is 92.8 Å². The molecule has 34 nitrogen and oxygen atoms in total. The number of phenolic OH excluding ortho intramolecular Hbond substituents is 2. The van der Waals surface area contributed by atoms with Gasteiger partial charge in [-0.15, -0.1) is 23.2 Å². The highest BCUT2D eigenvalue weighted by molar-refractivity contribution is 7.95. The van der Waals surface area contributed by atoms with Crippen LogP contribution in [0.3, 0.4) is 0 Å². The molecule has 0 heterocycles. The Hall–Kier alpha value is -8.00. The average Bonchev–Trinajstić information content (AvgIpc) is 0.779. The Morgan fingerprint density at radius 3 is 1.43 bits per heavy atom. The predicted molar refractivity (Wildman–Crippen MR) is 314 cm³/mol. The summed E-state index contributed by atoms with van der Waals surface area (Å²) in [6, 6.07) is 20.5. The number of azo groups is 3. The summed E-state index contributed by atoms with van der Waals surface area (Å²) in [6.45, 7) is 0. The van der Waals surface area contributed by atoms with Gasteiger partial charge < -0.3 is 21.2 Å². The summed E-state index contributed by atoms with van der Waals surface area (Å²) < 4.78 is 187. The summed E-state index contributed by atoms with van der Waals surface area (Å²) >= 11 is 0.945. The second-order valence-corrected chi connectivity index (χ2v) is 26.6. The Morgan fingerprint density at radius 2 is 0.889 bits per heavy atom. The summed E-state index contributed by atoms with van der Waals surface area (Å²) in [5, 5.41) is 91.4. The number of hydrogen-bond acceptors (Lipinski definition) is 31. The van der Waals surface area contributed by atoms with Gasteiger partial charge in [0.05, 0.1) is 62.7 Å². The van der Waals surface area contributed by atoms with E-state index in [2.05, 4.69) is 53.7 Å². The van der Waals surface area contributed by atoms with Crippen molar-refractivity contribution in [1.29, 1.82) is 0 Å². The molecule has 0 spiro atoms. The van der Waals surface area contributed by atoms with Crippen LogP contribution in [-0.4, -0.2) is 95.7 Å². The van der Waals surface area contributed by atoms with Crippen LogP contribution in [-0.2, 0) is 78.7 Å². The number of hydrogen-bond donors (Lipinski definition) is 11. The number of fused-ring (bicyclic) bond motifs is 2. The molecule has 0 radical (unpaired) electrons. The third-order valence-corrected chi connectivity index (χ3v) is 18.4. The lowest BCUT2D eigenvalue weighted by atomic mass is 10.1. The second kappa shape index (κ2) is 27.6. The second-order valence-electron chi connectivity index (χ2n) is 17.5. The highest BCUT2D eigenvalue weighted by Gasteiger charge is 2.27. The van der Waals surface area contributed by atoms with Gasteiger partial charge in [-0.2, -0.15) is 52.3 Å². The molecule has 90 heavy (non-hydrogen) atoms. The van der Waals surface area contributed by atoms with Crippen LogP contribution >= 0.6 is 36.1 Å². The maximum atomic E-state index is 13.5. The summed E-state index contributed by atoms with van der Waals surface area (Å²) in [5.41, 5.74) is 3.34. The minimum Gasteiger partial charge on any atom is -0.594 e. The molecule has 8 aromatic carbocycles. The van der Waals surface area contributed by atoms with Gasteiger partial charge in [-0.05, 0) is 95.1 Å². The quantitative estimate of drug-likeness (QED) is 0.00391. The predicted octanol–water partition coefficient (Wildman–Crippen LogP) is 11.6. The fourth-order valence-electron chi connectivity index (χ4n) is 8.14. The number of rotatable bonds is 24. The highest BCUT2D eigenvalue weighted by Crippen LogP contribution is 2.48. The van der Waals surface area contributed by atoms with Crippen LogP contribution < -0.4 is 5.73 Å². The van der Waals surface area contributed by atoms with E-state index in [4.69, 9.17) is 21.5 Å². The maximum Gasteiger partial charge on any atom is 0.296 e. The van der Waals surface area contributed by atoms with E-state index in [0.717, 1.165) is 78.9 Å². The first-order valence-electron chi connectivity index (χ1n) is 23.5. The highest BCUT2D eigenvalue weighted by atomic mass is 32.2. The van der Waals surface area contributed by atoms with E-state index in [1.807, 2.05) is 0 Å². The number of anilines is 1. The number of aromatic hydroxyl groups is 2. The Labute approximate surface area is 517 Å². The maximum absolute atomic E-state index is 13.5. The molecule has 12 N–H and O–H groups in total. The minimum absolute atomic E-state index is 0.00607. The van der Waals surface area contributed by atoms with Gasteiger partial charge in [0.2, 0.25) is 5.69 Å². The van der Waals surface area contributed by atoms with Crippen molar-refractivity contribution in [1.82, 2.24) is 0 Å². The van der Waals surface area contributed by atoms with E-state index in [1.54, 1.807) is 0 Å². The van der Waals surface area contributed by atoms with Crippen LogP contribution in [0.25, 0.3) is 45.8 Å². The van der Waals surface area contributed by atoms with Crippen molar-refractivity contribution in [2.45, 2.75) is 39.2 Å². The first kappa shape index (κ1) is 67.9. The van der Waals surface area contributed by atoms with E-state index >= 15 is 0 Å². The third kappa shape index (κ3) is 15.9. The lowest BCUT2D eigenvalue weighted by molar-refractivity contribution is -0.435. The van der Waals surface area contributed by atoms with Crippen LogP contribution in [0.1, 0.15) is 22.3 Å². The van der Waals surface area contributed by atoms with Crippen LogP contribution in [0.5, 0.6) is 11.5 Å². The van der Waals surface area contributed by atoms with Crippen LogP contribution in [0.2, 0.25) is 0 Å². The Bertz CT molecular complexity index is 4960. The van der Waals surface area contributed by atoms with Crippen molar-refractivity contribution in [3.8, 4) is 11.5 Å². The lowest BCUT2D eigenvalue weighted by Crippen LogP contribution is -2.02. The van der Waals surface area contributed by atoms with Gasteiger partial charge in [0.25, 0.3) is 50.6 Å². The fourth-order valence-corrected chi connectivity index (χ4v) is 13.1. The lowest BCUT2D eigenvalue weighted by Gasteiger charge is -2.13. The molecular formula is C48H35N7O27S8. The van der Waals surface area contributed by atoms with Gasteiger partial charge in [-0.25, -0.2) is 15.8 Å². The van der Waals surface area contributed by atoms with Gasteiger partial charge in [0.1, 0.15) is 41.5 Å². The summed E-state index contributed by atoms with van der Waals surface area (Å²) in [6.07, 6.45) is 4.86. The molecular weight excluding hydrogens is 1360 g/mol. The van der Waals surface area contributed by atoms with Crippen molar-refractivity contribution >= 4 is 172 Å². The summed E-state index contributed by atoms with van der Waals surface area (Å²) in [7, 11) is -25.4. The van der Waals surface area contributed by atoms with Crippen LogP contribution in [0.4, 0.5) is 39.8 Å². The fraction of sp³-hybridized carbons (Fsp3) is 0. The van der Waals surface area contributed by atoms with Crippen molar-refractivity contribution in [2.75, 3.05) is 5.73 Å². The monoisotopic (exact) mass is 1400 g/mol. The smallest absolute Gasteiger partial charge is 0.296 e. The Morgan fingerprint density at radius 1 is 0.433 bits per heavy atom. The van der Waals surface area contributed by atoms with Crippen molar-refractivity contribution in [2.24, 2.45) is 25.6 Å². The van der Waals surface area contributed by atoms with Gasteiger partial charge in [-0.3, -0.25) is 22.8 Å². The minimum atomic E-state index is -5.32. The molecule has 8 aromatic rings. The van der Waals surface area contributed by atoms with E-state index in [1.165, 1.54) is 54.6 Å². The van der Waals surface area contributed by atoms with Crippen LogP contribution in [0.15, 0.2) is 180 Å². The first-order chi connectivity index (χ1) is 42.3. The van der Waals surface area contributed by atoms with Gasteiger partial charge >= 0.3 is 0 Å². The molecule has 0 aliphatic rings. The Balaban J connectivity index is 1.06. The molecule has 0 saturated heterocycles. The first-order valence-corrected chi connectivity index (χ1v) is 32.9. The van der Waals surface area contributed by atoms with Gasteiger partial charge in [0, 0.05) is 44.0 Å². The van der Waals surface area contributed by atoms with Gasteiger partial charge in [0.15, 0.2) is 11.5 Å². The number of nitrogens with two attached hydrogens (primary N) is 1. The molecule has 42 heteroatoms. The van der Waals surface area contributed by atoms with Crippen molar-refractivity contribution < 1.29 is 124 Å². The molecule has 0 saturated carbocycles. The SMILES string of the molecule is Nc1ccc(S(=O)(=O)O)c2cc(SOOO)c(N=Nc3ccc(/C=C/c4ccc(N=[N+]([O-])c5ccc(/C=C/c6ccc(N=Nc7c(S(=O)(=O)O)cc8c(S(=O)(=O)O)cccc8c7O)cc6S(=O)(=O)O)c(SOOO)c5)cc4S(=O)(=O)O)c(SOOO)c3)c(O)c12. The summed E-state index contributed by atoms with van der Waals surface area (Å²) in [4.78, 5) is -4.46. The Kier molecular flexibility index (Phi) is 20.8. The standard InChI is InChI=1S/C48H35N7O27S8/c49-35-16-17-40(87(65,66)67)34-22-38(85-82-79-61)45(48(57)44(34)35)52-50-28-12-8-24(36(18-28)83-80-77-59)4-6-27-10-14-30(20-42(27)89(71,72)73)54-55(58)31-15-11-25(37(21-31)84-81-78-60)5-7-26-9-13-29(19-41(26)88(68,69)70)51-53-46-43(90(74,75)76)23-33-32(47(46)56)2-1-3-39(33)86(62,63)64/h1-23,56-57,59-61H,49H2,(H,62,63,64)(H,65,66,67)(H,68,69,70)(H,71,72,73)(H,74,75,76)/b6-4+,7-5+,52-50?,53-51?,55-54?. The molecule has 0 aliphatic carbocycles. The third-order valence-electron chi connectivity index (χ3n) is 11.9. The number of benzene rings is 8. The number of phenols is 2. The summed E-state index contributed by atoms with van der Waals surface area (Å²) in [5.74, 6) is -1.79. The molecule has 0 aliphatic heterocycles. The van der Waals surface area contributed by atoms with Crippen LogP contribution in [0, 0.1) is 5.21 Å². The zero-order valence-corrected chi connectivity index (χ0v) is 50.3. The molecule has 8 rings (SSSR count). The number of nitrogen functional groups attached to an aromatic ring is 1. The topological polar surface area (TPSA) is 542 Å². The largest absolute Gasteiger partial charge is 0.594 e. The molecule has 0 atom stereocenters.